The monoisotopic (exact) mass is 252 g/mol. The summed E-state index contributed by atoms with van der Waals surface area (Å²) in [5.74, 6) is -0.343. The normalized spacial score (nSPS) is 18.5. The summed E-state index contributed by atoms with van der Waals surface area (Å²) in [5, 5.41) is 2.72. The molecule has 1 fully saturated rings. The van der Waals surface area contributed by atoms with Crippen LogP contribution in [0.5, 0.6) is 0 Å². The number of benzene rings is 1. The number of hydrogen-bond donors (Lipinski definition) is 1. The highest BCUT2D eigenvalue weighted by atomic mass is 19.1. The molecule has 2 amide bonds. The zero-order valence-electron chi connectivity index (χ0n) is 10.8. The summed E-state index contributed by atoms with van der Waals surface area (Å²) >= 11 is 0. The standard InChI is InChI=1S/C13H18FN3O/c1-17(2)8-6-16(7-9-17)13(18)15-12-5-3-4-11(14)10-12/h3-5,10H,6-9H2,1-2H3/p+1. The lowest BCUT2D eigenvalue weighted by Crippen LogP contribution is -2.56. The van der Waals surface area contributed by atoms with Gasteiger partial charge in [0.2, 0.25) is 0 Å². The highest BCUT2D eigenvalue weighted by Gasteiger charge is 2.27. The van der Waals surface area contributed by atoms with Crippen molar-refractivity contribution in [3.8, 4) is 0 Å². The molecule has 1 N–H and O–H groups in total. The van der Waals surface area contributed by atoms with E-state index < -0.39 is 0 Å². The van der Waals surface area contributed by atoms with E-state index in [-0.39, 0.29) is 11.8 Å². The molecule has 4 nitrogen and oxygen atoms in total. The minimum atomic E-state index is -0.343. The number of nitrogens with one attached hydrogen (secondary N) is 1. The van der Waals surface area contributed by atoms with Crippen molar-refractivity contribution in [2.45, 2.75) is 0 Å². The molecule has 0 atom stereocenters. The number of amides is 2. The Morgan fingerprint density at radius 3 is 2.61 bits per heavy atom. The van der Waals surface area contributed by atoms with E-state index in [0.717, 1.165) is 30.7 Å². The molecule has 0 aliphatic carbocycles. The molecule has 1 aromatic carbocycles. The number of anilines is 1. The lowest BCUT2D eigenvalue weighted by molar-refractivity contribution is -0.894. The molecule has 5 heteroatoms. The van der Waals surface area contributed by atoms with Crippen molar-refractivity contribution in [3.05, 3.63) is 30.1 Å². The molecule has 2 rings (SSSR count). The van der Waals surface area contributed by atoms with Gasteiger partial charge >= 0.3 is 6.03 Å². The van der Waals surface area contributed by atoms with Crippen molar-refractivity contribution in [1.29, 1.82) is 0 Å². The third-order valence-electron chi connectivity index (χ3n) is 3.31. The van der Waals surface area contributed by atoms with Gasteiger partial charge in [-0.15, -0.1) is 0 Å². The number of urea groups is 1. The molecule has 1 aliphatic heterocycles. The van der Waals surface area contributed by atoms with Crippen molar-refractivity contribution in [3.63, 3.8) is 0 Å². The zero-order valence-corrected chi connectivity index (χ0v) is 10.8. The van der Waals surface area contributed by atoms with Crippen LogP contribution in [-0.4, -0.2) is 55.7 Å². The first-order valence-electron chi connectivity index (χ1n) is 6.10. The third kappa shape index (κ3) is 3.20. The van der Waals surface area contributed by atoms with Crippen LogP contribution in [-0.2, 0) is 0 Å². The number of likely N-dealkylation sites (N-methyl/N-ethyl adjacent to an activating group) is 1. The van der Waals surface area contributed by atoms with Gasteiger partial charge in [-0.25, -0.2) is 9.18 Å². The highest BCUT2D eigenvalue weighted by Crippen LogP contribution is 2.12. The number of quaternary nitrogens is 1. The van der Waals surface area contributed by atoms with Crippen LogP contribution in [0.2, 0.25) is 0 Å². The first-order chi connectivity index (χ1) is 8.46. The predicted octanol–water partition coefficient (Wildman–Crippen LogP) is 1.75. The second-order valence-corrected chi connectivity index (χ2v) is 5.31. The molecule has 1 saturated heterocycles. The first-order valence-corrected chi connectivity index (χ1v) is 6.10. The molecule has 0 bridgehead atoms. The van der Waals surface area contributed by atoms with Gasteiger partial charge in [0.15, 0.2) is 0 Å². The molecule has 1 heterocycles. The maximum absolute atomic E-state index is 13.0. The molecule has 0 aromatic heterocycles. The fourth-order valence-corrected chi connectivity index (χ4v) is 1.98. The lowest BCUT2D eigenvalue weighted by Gasteiger charge is -2.38. The van der Waals surface area contributed by atoms with Crippen molar-refractivity contribution < 1.29 is 13.7 Å². The molecule has 0 saturated carbocycles. The van der Waals surface area contributed by atoms with Gasteiger partial charge in [0.1, 0.15) is 5.82 Å². The van der Waals surface area contributed by atoms with E-state index in [2.05, 4.69) is 19.4 Å². The van der Waals surface area contributed by atoms with Gasteiger partial charge < -0.3 is 14.7 Å². The third-order valence-corrected chi connectivity index (χ3v) is 3.31. The molecule has 1 aliphatic rings. The molecule has 98 valence electrons. The zero-order chi connectivity index (χ0) is 13.2. The smallest absolute Gasteiger partial charge is 0.322 e. The number of rotatable bonds is 1. The van der Waals surface area contributed by atoms with E-state index in [0.29, 0.717) is 5.69 Å². The fourth-order valence-electron chi connectivity index (χ4n) is 1.98. The first kappa shape index (κ1) is 12.8. The average molecular weight is 252 g/mol. The summed E-state index contributed by atoms with van der Waals surface area (Å²) < 4.78 is 13.9. The minimum Gasteiger partial charge on any atom is -0.326 e. The summed E-state index contributed by atoms with van der Waals surface area (Å²) in [5.41, 5.74) is 0.499. The number of carbonyl (C=O) groups is 1. The van der Waals surface area contributed by atoms with Gasteiger partial charge in [-0.05, 0) is 18.2 Å². The Morgan fingerprint density at radius 1 is 1.33 bits per heavy atom. The number of halogens is 1. The van der Waals surface area contributed by atoms with E-state index in [1.165, 1.54) is 12.1 Å². The van der Waals surface area contributed by atoms with Crippen molar-refractivity contribution in [2.75, 3.05) is 45.6 Å². The van der Waals surface area contributed by atoms with Crippen LogP contribution in [0.1, 0.15) is 0 Å². The van der Waals surface area contributed by atoms with Crippen LogP contribution < -0.4 is 5.32 Å². The average Bonchev–Trinajstić information content (AvgIpc) is 2.28. The summed E-state index contributed by atoms with van der Waals surface area (Å²) in [6.07, 6.45) is 0. The Bertz CT molecular complexity index is 438. The summed E-state index contributed by atoms with van der Waals surface area (Å²) in [6, 6.07) is 5.80. The van der Waals surface area contributed by atoms with Crippen molar-refractivity contribution >= 4 is 11.7 Å². The predicted molar refractivity (Wildman–Crippen MR) is 68.8 cm³/mol. The second kappa shape index (κ2) is 4.94. The largest absolute Gasteiger partial charge is 0.326 e. The van der Waals surface area contributed by atoms with Crippen LogP contribution in [0.3, 0.4) is 0 Å². The van der Waals surface area contributed by atoms with Crippen LogP contribution in [0.25, 0.3) is 0 Å². The van der Waals surface area contributed by atoms with Crippen LogP contribution in [0.4, 0.5) is 14.9 Å². The van der Waals surface area contributed by atoms with E-state index in [4.69, 9.17) is 0 Å². The number of hydrogen-bond acceptors (Lipinski definition) is 1. The van der Waals surface area contributed by atoms with Crippen molar-refractivity contribution in [1.82, 2.24) is 4.90 Å². The molecule has 0 radical (unpaired) electrons. The summed E-state index contributed by atoms with van der Waals surface area (Å²) in [6.45, 7) is 3.34. The Balaban J connectivity index is 1.93. The van der Waals surface area contributed by atoms with Gasteiger partial charge in [0.25, 0.3) is 0 Å². The number of piperazine rings is 1. The Kier molecular flexibility index (Phi) is 3.52. The lowest BCUT2D eigenvalue weighted by atomic mass is 10.3. The van der Waals surface area contributed by atoms with Crippen LogP contribution in [0, 0.1) is 5.82 Å². The SMILES string of the molecule is C[N+]1(C)CCN(C(=O)Nc2cccc(F)c2)CC1. The van der Waals surface area contributed by atoms with Gasteiger partial charge in [0, 0.05) is 5.69 Å². The molecular weight excluding hydrogens is 233 g/mol. The van der Waals surface area contributed by atoms with Crippen molar-refractivity contribution in [2.24, 2.45) is 0 Å². The Hall–Kier alpha value is -1.62. The van der Waals surface area contributed by atoms with E-state index >= 15 is 0 Å². The van der Waals surface area contributed by atoms with Crippen LogP contribution >= 0.6 is 0 Å². The topological polar surface area (TPSA) is 32.3 Å². The van der Waals surface area contributed by atoms with Gasteiger partial charge in [0.05, 0.1) is 40.3 Å². The second-order valence-electron chi connectivity index (χ2n) is 5.31. The maximum Gasteiger partial charge on any atom is 0.322 e. The Morgan fingerprint density at radius 2 is 2.00 bits per heavy atom. The minimum absolute atomic E-state index is 0.152. The van der Waals surface area contributed by atoms with Gasteiger partial charge in [-0.3, -0.25) is 0 Å². The summed E-state index contributed by atoms with van der Waals surface area (Å²) in [7, 11) is 4.31. The van der Waals surface area contributed by atoms with Crippen LogP contribution in [0.15, 0.2) is 24.3 Å². The van der Waals surface area contributed by atoms with E-state index in [9.17, 15) is 9.18 Å². The highest BCUT2D eigenvalue weighted by molar-refractivity contribution is 5.89. The van der Waals surface area contributed by atoms with Gasteiger partial charge in [-0.1, -0.05) is 6.07 Å². The molecular formula is C13H19FN3O+. The Labute approximate surface area is 107 Å². The van der Waals surface area contributed by atoms with Gasteiger partial charge in [-0.2, -0.15) is 0 Å². The van der Waals surface area contributed by atoms with E-state index in [1.807, 2.05) is 0 Å². The molecule has 18 heavy (non-hydrogen) atoms. The summed E-state index contributed by atoms with van der Waals surface area (Å²) in [4.78, 5) is 13.7. The number of nitrogens with zero attached hydrogens (tertiary/aromatic N) is 2. The maximum atomic E-state index is 13.0. The molecule has 0 spiro atoms. The number of carbonyl (C=O) groups excluding carboxylic acids is 1. The quantitative estimate of drug-likeness (QED) is 0.759. The molecule has 1 aromatic rings. The molecule has 0 unspecified atom stereocenters. The van der Waals surface area contributed by atoms with E-state index in [1.54, 1.807) is 17.0 Å². The fraction of sp³-hybridized carbons (Fsp3) is 0.462.